The van der Waals surface area contributed by atoms with Crippen molar-refractivity contribution in [3.8, 4) is 0 Å². The Hall–Kier alpha value is -3.31. The highest BCUT2D eigenvalue weighted by Gasteiger charge is 2.39. The van der Waals surface area contributed by atoms with Crippen LogP contribution in [0.15, 0.2) is 48.8 Å². The number of aromatic nitrogens is 2. The van der Waals surface area contributed by atoms with E-state index in [0.29, 0.717) is 22.6 Å². The molecular weight excluding hydrogens is 469 g/mol. The molecule has 1 unspecified atom stereocenters. The van der Waals surface area contributed by atoms with Crippen molar-refractivity contribution in [2.24, 2.45) is 0 Å². The number of carbonyl (C=O) groups excluding carboxylic acids is 2. The summed E-state index contributed by atoms with van der Waals surface area (Å²) in [7, 11) is 0. The minimum atomic E-state index is -4.44. The Kier molecular flexibility index (Phi) is 6.67. The van der Waals surface area contributed by atoms with E-state index in [1.807, 2.05) is 6.07 Å². The van der Waals surface area contributed by atoms with Gasteiger partial charge in [0.1, 0.15) is 0 Å². The van der Waals surface area contributed by atoms with Crippen LogP contribution in [-0.2, 0) is 19.1 Å². The van der Waals surface area contributed by atoms with Crippen LogP contribution in [0.4, 0.5) is 23.1 Å². The lowest BCUT2D eigenvalue weighted by atomic mass is 10.1. The van der Waals surface area contributed by atoms with Gasteiger partial charge in [-0.25, -0.2) is 14.7 Å². The number of halogens is 3. The third kappa shape index (κ3) is 5.10. The summed E-state index contributed by atoms with van der Waals surface area (Å²) in [6.07, 6.45) is -1.50. The number of β-amino-alcohol motifs (C(OH)–C–C–N with tert-alkyl or cyclic N) is 1. The lowest BCUT2D eigenvalue weighted by molar-refractivity contribution is -0.137. The molecule has 0 spiro atoms. The molecule has 1 N–H and O–H groups in total. The number of urea groups is 1. The molecule has 1 atom stereocenters. The molecule has 34 heavy (non-hydrogen) atoms. The van der Waals surface area contributed by atoms with E-state index in [0.717, 1.165) is 33.9 Å². The number of pyridine rings is 1. The average molecular weight is 491 g/mol. The first-order valence-corrected chi connectivity index (χ1v) is 11.3. The molecule has 178 valence electrons. The smallest absolute Gasteiger partial charge is 0.371 e. The van der Waals surface area contributed by atoms with Gasteiger partial charge in [-0.2, -0.15) is 13.2 Å². The first-order valence-electron chi connectivity index (χ1n) is 10.5. The van der Waals surface area contributed by atoms with Gasteiger partial charge in [0, 0.05) is 25.4 Å². The van der Waals surface area contributed by atoms with Gasteiger partial charge in [0.2, 0.25) is 0 Å². The third-order valence-electron chi connectivity index (χ3n) is 5.42. The van der Waals surface area contributed by atoms with E-state index in [-0.39, 0.29) is 30.4 Å². The van der Waals surface area contributed by atoms with Crippen molar-refractivity contribution in [2.75, 3.05) is 11.4 Å². The maximum Gasteiger partial charge on any atom is 0.416 e. The SMILES string of the molecule is Cc1nc(N2C(=O)N(Cc3ccc(C(F)(F)F)cc3)CC2O)sc1C(=O)CCc1cccnc1. The molecule has 0 radical (unpaired) electrons. The van der Waals surface area contributed by atoms with Gasteiger partial charge in [-0.3, -0.25) is 9.78 Å². The molecule has 1 saturated heterocycles. The van der Waals surface area contributed by atoms with E-state index in [4.69, 9.17) is 0 Å². The Morgan fingerprint density at radius 2 is 1.94 bits per heavy atom. The molecule has 3 aromatic rings. The van der Waals surface area contributed by atoms with Crippen molar-refractivity contribution in [3.05, 3.63) is 76.1 Å². The Labute approximate surface area is 197 Å². The molecule has 11 heteroatoms. The van der Waals surface area contributed by atoms with E-state index in [1.165, 1.54) is 17.0 Å². The molecule has 1 aliphatic rings. The number of rotatable bonds is 7. The number of amides is 2. The zero-order valence-electron chi connectivity index (χ0n) is 18.1. The molecule has 0 aliphatic carbocycles. The van der Waals surface area contributed by atoms with Gasteiger partial charge in [-0.15, -0.1) is 0 Å². The number of aliphatic hydroxyl groups excluding tert-OH is 1. The fraction of sp³-hybridized carbons (Fsp3) is 0.304. The minimum Gasteiger partial charge on any atom is -0.371 e. The second kappa shape index (κ2) is 9.51. The molecular formula is C23H21F3N4O3S. The van der Waals surface area contributed by atoms with Crippen LogP contribution >= 0.6 is 11.3 Å². The number of aliphatic hydroxyl groups is 1. The Morgan fingerprint density at radius 1 is 1.21 bits per heavy atom. The summed E-state index contributed by atoms with van der Waals surface area (Å²) in [5.41, 5.74) is 1.13. The van der Waals surface area contributed by atoms with Crippen molar-refractivity contribution >= 4 is 28.3 Å². The van der Waals surface area contributed by atoms with Crippen LogP contribution in [0.25, 0.3) is 0 Å². The average Bonchev–Trinajstić information content (AvgIpc) is 3.31. The molecule has 2 amide bonds. The fourth-order valence-electron chi connectivity index (χ4n) is 3.66. The van der Waals surface area contributed by atoms with Crippen LogP contribution in [0, 0.1) is 6.92 Å². The Balaban J connectivity index is 1.44. The molecule has 4 rings (SSSR count). The lowest BCUT2D eigenvalue weighted by Gasteiger charge is -2.17. The van der Waals surface area contributed by atoms with Crippen LogP contribution < -0.4 is 4.90 Å². The lowest BCUT2D eigenvalue weighted by Crippen LogP contribution is -2.34. The minimum absolute atomic E-state index is 0.0335. The molecule has 1 fully saturated rings. The number of thiazole rings is 1. The van der Waals surface area contributed by atoms with E-state index in [2.05, 4.69) is 9.97 Å². The van der Waals surface area contributed by atoms with Crippen LogP contribution in [0.2, 0.25) is 0 Å². The fourth-order valence-corrected chi connectivity index (χ4v) is 4.73. The van der Waals surface area contributed by atoms with E-state index in [1.54, 1.807) is 25.4 Å². The van der Waals surface area contributed by atoms with Gasteiger partial charge in [0.15, 0.2) is 17.1 Å². The van der Waals surface area contributed by atoms with Crippen molar-refractivity contribution < 1.29 is 27.9 Å². The summed E-state index contributed by atoms with van der Waals surface area (Å²) in [4.78, 5) is 36.9. The highest BCUT2D eigenvalue weighted by atomic mass is 32.1. The van der Waals surface area contributed by atoms with Gasteiger partial charge < -0.3 is 10.0 Å². The first-order chi connectivity index (χ1) is 16.1. The topological polar surface area (TPSA) is 86.6 Å². The number of Topliss-reactive ketones (excluding diaryl/α,β-unsaturated/α-hetero) is 1. The molecule has 2 aromatic heterocycles. The predicted molar refractivity (Wildman–Crippen MR) is 119 cm³/mol. The molecule has 3 heterocycles. The summed E-state index contributed by atoms with van der Waals surface area (Å²) in [6, 6.07) is 7.67. The van der Waals surface area contributed by atoms with Gasteiger partial charge in [-0.05, 0) is 42.7 Å². The van der Waals surface area contributed by atoms with Gasteiger partial charge in [-0.1, -0.05) is 29.5 Å². The summed E-state index contributed by atoms with van der Waals surface area (Å²) < 4.78 is 38.3. The van der Waals surface area contributed by atoms with E-state index >= 15 is 0 Å². The van der Waals surface area contributed by atoms with Gasteiger partial charge in [0.05, 0.1) is 22.7 Å². The van der Waals surface area contributed by atoms with Gasteiger partial charge >= 0.3 is 12.2 Å². The summed E-state index contributed by atoms with van der Waals surface area (Å²) in [5.74, 6) is -0.118. The number of benzene rings is 1. The zero-order chi connectivity index (χ0) is 24.5. The highest BCUT2D eigenvalue weighted by molar-refractivity contribution is 7.17. The second-order valence-electron chi connectivity index (χ2n) is 7.90. The Bertz CT molecular complexity index is 1180. The van der Waals surface area contributed by atoms with Crippen molar-refractivity contribution in [1.29, 1.82) is 0 Å². The number of carbonyl (C=O) groups is 2. The van der Waals surface area contributed by atoms with Crippen LogP contribution in [0.3, 0.4) is 0 Å². The quantitative estimate of drug-likeness (QED) is 0.495. The number of hydrogen-bond donors (Lipinski definition) is 1. The summed E-state index contributed by atoms with van der Waals surface area (Å²) in [6.45, 7) is 1.67. The first kappa shape index (κ1) is 23.8. The number of alkyl halides is 3. The van der Waals surface area contributed by atoms with Crippen molar-refractivity contribution in [2.45, 2.75) is 38.7 Å². The standard InChI is InChI=1S/C23H21F3N4O3S/c1-14-20(18(31)9-6-15-3-2-10-27-11-15)34-21(28-14)30-19(32)13-29(22(30)33)12-16-4-7-17(8-5-16)23(24,25)26/h2-5,7-8,10-11,19,32H,6,9,12-13H2,1H3. The predicted octanol–water partition coefficient (Wildman–Crippen LogP) is 4.44. The zero-order valence-corrected chi connectivity index (χ0v) is 18.9. The maximum atomic E-state index is 12.9. The highest BCUT2D eigenvalue weighted by Crippen LogP contribution is 2.33. The maximum absolute atomic E-state index is 12.9. The van der Waals surface area contributed by atoms with Crippen LogP contribution in [-0.4, -0.2) is 44.6 Å². The van der Waals surface area contributed by atoms with Gasteiger partial charge in [0.25, 0.3) is 0 Å². The number of nitrogens with zero attached hydrogens (tertiary/aromatic N) is 4. The number of ketones is 1. The number of hydrogen-bond acceptors (Lipinski definition) is 6. The molecule has 7 nitrogen and oxygen atoms in total. The van der Waals surface area contributed by atoms with Crippen LogP contribution in [0.5, 0.6) is 0 Å². The van der Waals surface area contributed by atoms with E-state index < -0.39 is 24.0 Å². The third-order valence-corrected chi connectivity index (χ3v) is 6.62. The Morgan fingerprint density at radius 3 is 2.59 bits per heavy atom. The molecule has 0 saturated carbocycles. The van der Waals surface area contributed by atoms with Crippen molar-refractivity contribution in [3.63, 3.8) is 0 Å². The monoisotopic (exact) mass is 490 g/mol. The summed E-state index contributed by atoms with van der Waals surface area (Å²) in [5, 5.41) is 10.7. The van der Waals surface area contributed by atoms with Crippen molar-refractivity contribution in [1.82, 2.24) is 14.9 Å². The summed E-state index contributed by atoms with van der Waals surface area (Å²) >= 11 is 1.04. The normalized spacial score (nSPS) is 16.4. The molecule has 1 aromatic carbocycles. The largest absolute Gasteiger partial charge is 0.416 e. The molecule has 1 aliphatic heterocycles. The van der Waals surface area contributed by atoms with Crippen LogP contribution in [0.1, 0.15) is 38.5 Å². The molecule has 0 bridgehead atoms. The number of anilines is 1. The second-order valence-corrected chi connectivity index (χ2v) is 8.88. The number of aryl methyl sites for hydroxylation is 2. The van der Waals surface area contributed by atoms with E-state index in [9.17, 15) is 27.9 Å².